The summed E-state index contributed by atoms with van der Waals surface area (Å²) in [5.41, 5.74) is 0.0376. The molecule has 2 N–H and O–H groups in total. The second-order valence-electron chi connectivity index (χ2n) is 5.75. The molecule has 102 valence electrons. The molecule has 0 bridgehead atoms. The molecule has 3 rings (SSSR count). The lowest BCUT2D eigenvalue weighted by Gasteiger charge is -2.35. The maximum atomic E-state index is 4.72. The number of hydrogen-bond donors (Lipinski definition) is 2. The summed E-state index contributed by atoms with van der Waals surface area (Å²) in [6, 6.07) is 4.10. The van der Waals surface area contributed by atoms with E-state index in [0.29, 0.717) is 5.92 Å². The number of aromatic nitrogens is 3. The van der Waals surface area contributed by atoms with Gasteiger partial charge in [-0.05, 0) is 43.3 Å². The molecule has 1 aliphatic heterocycles. The van der Waals surface area contributed by atoms with E-state index in [1.54, 1.807) is 11.3 Å². The standard InChI is InChI=1S/C14H20N4S/c1-14(2,10-5-3-7-15-9-10)13-16-12(17-18-13)11-6-4-8-19-11/h4,6,8,10,15H,3,5,7,9H2,1-2H3,(H,16,17,18). The van der Waals surface area contributed by atoms with Gasteiger partial charge in [-0.1, -0.05) is 19.9 Å². The monoisotopic (exact) mass is 276 g/mol. The summed E-state index contributed by atoms with van der Waals surface area (Å²) in [6.45, 7) is 6.75. The van der Waals surface area contributed by atoms with E-state index in [2.05, 4.69) is 40.8 Å². The zero-order valence-electron chi connectivity index (χ0n) is 11.4. The predicted octanol–water partition coefficient (Wildman–Crippen LogP) is 2.81. The Morgan fingerprint density at radius 3 is 3.00 bits per heavy atom. The van der Waals surface area contributed by atoms with Crippen LogP contribution < -0.4 is 5.32 Å². The van der Waals surface area contributed by atoms with Crippen molar-refractivity contribution in [1.29, 1.82) is 0 Å². The molecule has 3 heterocycles. The van der Waals surface area contributed by atoms with Gasteiger partial charge in [-0.3, -0.25) is 5.10 Å². The second-order valence-corrected chi connectivity index (χ2v) is 6.70. The Hall–Kier alpha value is -1.20. The van der Waals surface area contributed by atoms with Crippen molar-refractivity contribution < 1.29 is 0 Å². The van der Waals surface area contributed by atoms with Gasteiger partial charge in [0.1, 0.15) is 5.82 Å². The van der Waals surface area contributed by atoms with Crippen molar-refractivity contribution >= 4 is 11.3 Å². The second kappa shape index (κ2) is 5.06. The van der Waals surface area contributed by atoms with E-state index in [0.717, 1.165) is 29.6 Å². The van der Waals surface area contributed by atoms with Crippen LogP contribution in [0.4, 0.5) is 0 Å². The molecule has 1 aliphatic rings. The molecule has 0 spiro atoms. The van der Waals surface area contributed by atoms with Crippen molar-refractivity contribution in [2.75, 3.05) is 13.1 Å². The predicted molar refractivity (Wildman–Crippen MR) is 78.3 cm³/mol. The van der Waals surface area contributed by atoms with Crippen molar-refractivity contribution in [3.63, 3.8) is 0 Å². The highest BCUT2D eigenvalue weighted by molar-refractivity contribution is 7.13. The molecule has 5 heteroatoms. The van der Waals surface area contributed by atoms with Gasteiger partial charge in [-0.2, -0.15) is 5.10 Å². The van der Waals surface area contributed by atoms with E-state index in [4.69, 9.17) is 4.98 Å². The smallest absolute Gasteiger partial charge is 0.191 e. The van der Waals surface area contributed by atoms with Crippen LogP contribution in [0.2, 0.25) is 0 Å². The molecular formula is C14H20N4S. The first-order chi connectivity index (χ1) is 9.18. The van der Waals surface area contributed by atoms with E-state index in [9.17, 15) is 0 Å². The number of rotatable bonds is 3. The summed E-state index contributed by atoms with van der Waals surface area (Å²) in [5.74, 6) is 2.44. The molecule has 1 unspecified atom stereocenters. The zero-order chi connectivity index (χ0) is 13.3. The average Bonchev–Trinajstić information content (AvgIpc) is 3.10. The van der Waals surface area contributed by atoms with Gasteiger partial charge in [-0.25, -0.2) is 4.98 Å². The molecule has 0 radical (unpaired) electrons. The molecule has 1 saturated heterocycles. The van der Waals surface area contributed by atoms with Gasteiger partial charge in [0.2, 0.25) is 0 Å². The van der Waals surface area contributed by atoms with E-state index in [1.165, 1.54) is 12.8 Å². The van der Waals surface area contributed by atoms with Crippen molar-refractivity contribution in [3.05, 3.63) is 23.3 Å². The summed E-state index contributed by atoms with van der Waals surface area (Å²) < 4.78 is 0. The van der Waals surface area contributed by atoms with Crippen LogP contribution in [0.15, 0.2) is 17.5 Å². The Bertz CT molecular complexity index is 523. The molecule has 0 aromatic carbocycles. The van der Waals surface area contributed by atoms with Gasteiger partial charge >= 0.3 is 0 Å². The number of H-pyrrole nitrogens is 1. The first-order valence-corrected chi connectivity index (χ1v) is 7.73. The Kier molecular flexibility index (Phi) is 3.41. The Morgan fingerprint density at radius 1 is 1.42 bits per heavy atom. The zero-order valence-corrected chi connectivity index (χ0v) is 12.3. The van der Waals surface area contributed by atoms with Gasteiger partial charge < -0.3 is 5.32 Å². The molecule has 0 amide bonds. The maximum Gasteiger partial charge on any atom is 0.191 e. The molecule has 2 aromatic rings. The highest BCUT2D eigenvalue weighted by Gasteiger charge is 2.35. The Balaban J connectivity index is 1.84. The van der Waals surface area contributed by atoms with Crippen molar-refractivity contribution in [2.45, 2.75) is 32.1 Å². The SMILES string of the molecule is CC(C)(c1nc(-c2cccs2)n[nH]1)C1CCCNC1. The summed E-state index contributed by atoms with van der Waals surface area (Å²) >= 11 is 1.68. The Labute approximate surface area is 117 Å². The summed E-state index contributed by atoms with van der Waals surface area (Å²) in [7, 11) is 0. The summed E-state index contributed by atoms with van der Waals surface area (Å²) in [6.07, 6.45) is 2.51. The molecule has 19 heavy (non-hydrogen) atoms. The number of aromatic amines is 1. The lowest BCUT2D eigenvalue weighted by Crippen LogP contribution is -2.41. The number of thiophene rings is 1. The maximum absolute atomic E-state index is 4.72. The molecule has 1 atom stereocenters. The number of nitrogens with one attached hydrogen (secondary N) is 2. The largest absolute Gasteiger partial charge is 0.316 e. The first-order valence-electron chi connectivity index (χ1n) is 6.85. The van der Waals surface area contributed by atoms with Crippen LogP contribution in [-0.2, 0) is 5.41 Å². The lowest BCUT2D eigenvalue weighted by atomic mass is 9.74. The number of piperidine rings is 1. The molecule has 4 nitrogen and oxygen atoms in total. The van der Waals surface area contributed by atoms with Crippen LogP contribution in [0, 0.1) is 5.92 Å². The minimum atomic E-state index is 0.0376. The number of nitrogens with zero attached hydrogens (tertiary/aromatic N) is 2. The molecular weight excluding hydrogens is 256 g/mol. The van der Waals surface area contributed by atoms with Crippen LogP contribution in [0.25, 0.3) is 10.7 Å². The fraction of sp³-hybridized carbons (Fsp3) is 0.571. The normalized spacial score (nSPS) is 20.6. The van der Waals surface area contributed by atoms with Crippen LogP contribution in [0.5, 0.6) is 0 Å². The summed E-state index contributed by atoms with van der Waals surface area (Å²) in [4.78, 5) is 5.84. The topological polar surface area (TPSA) is 53.6 Å². The molecule has 0 saturated carbocycles. The minimum Gasteiger partial charge on any atom is -0.316 e. The molecule has 2 aromatic heterocycles. The van der Waals surface area contributed by atoms with Gasteiger partial charge in [0.15, 0.2) is 5.82 Å². The van der Waals surface area contributed by atoms with Crippen LogP contribution in [0.3, 0.4) is 0 Å². The minimum absolute atomic E-state index is 0.0376. The van der Waals surface area contributed by atoms with Crippen LogP contribution in [-0.4, -0.2) is 28.3 Å². The quantitative estimate of drug-likeness (QED) is 0.906. The van der Waals surface area contributed by atoms with Crippen molar-refractivity contribution in [3.8, 4) is 10.7 Å². The third kappa shape index (κ3) is 2.44. The highest BCUT2D eigenvalue weighted by atomic mass is 32.1. The van der Waals surface area contributed by atoms with E-state index < -0.39 is 0 Å². The third-order valence-electron chi connectivity index (χ3n) is 4.15. The van der Waals surface area contributed by atoms with Crippen LogP contribution >= 0.6 is 11.3 Å². The Morgan fingerprint density at radius 2 is 2.32 bits per heavy atom. The fourth-order valence-electron chi connectivity index (χ4n) is 2.73. The van der Waals surface area contributed by atoms with Crippen LogP contribution in [0.1, 0.15) is 32.5 Å². The fourth-order valence-corrected chi connectivity index (χ4v) is 3.38. The van der Waals surface area contributed by atoms with Gasteiger partial charge in [0, 0.05) is 5.41 Å². The van der Waals surface area contributed by atoms with E-state index in [-0.39, 0.29) is 5.41 Å². The lowest BCUT2D eigenvalue weighted by molar-refractivity contribution is 0.242. The third-order valence-corrected chi connectivity index (χ3v) is 5.02. The highest BCUT2D eigenvalue weighted by Crippen LogP contribution is 2.34. The van der Waals surface area contributed by atoms with Gasteiger partial charge in [-0.15, -0.1) is 11.3 Å². The molecule has 1 fully saturated rings. The van der Waals surface area contributed by atoms with Crippen molar-refractivity contribution in [1.82, 2.24) is 20.5 Å². The summed E-state index contributed by atoms with van der Waals surface area (Å²) in [5, 5.41) is 13.1. The first kappa shape index (κ1) is 12.8. The molecule has 0 aliphatic carbocycles. The van der Waals surface area contributed by atoms with Crippen molar-refractivity contribution in [2.24, 2.45) is 5.92 Å². The average molecular weight is 276 g/mol. The van der Waals surface area contributed by atoms with Gasteiger partial charge in [0.25, 0.3) is 0 Å². The van der Waals surface area contributed by atoms with E-state index in [1.807, 2.05) is 6.07 Å². The number of hydrogen-bond acceptors (Lipinski definition) is 4. The van der Waals surface area contributed by atoms with Gasteiger partial charge in [0.05, 0.1) is 4.88 Å². The van der Waals surface area contributed by atoms with E-state index >= 15 is 0 Å².